The van der Waals surface area contributed by atoms with E-state index in [1.54, 1.807) is 23.6 Å². The molecule has 1 aromatic carbocycles. The lowest BCUT2D eigenvalue weighted by molar-refractivity contribution is 0.0520. The Bertz CT molecular complexity index is 1270. The maximum Gasteiger partial charge on any atom is 0.357 e. The third kappa shape index (κ3) is 6.15. The number of carbonyl (C=O) groups excluding carboxylic acids is 1. The summed E-state index contributed by atoms with van der Waals surface area (Å²) in [5, 5.41) is 15.5. The molecule has 0 saturated carbocycles. The zero-order valence-electron chi connectivity index (χ0n) is 21.0. The SMILES string of the molecule is CCOC(=O)c1csc(N(CCCN(CC)CC)c2cc(C)c(Nc3nc4ccccc4s3)nn2)n1. The second-order valence-electron chi connectivity index (χ2n) is 8.11. The van der Waals surface area contributed by atoms with Crippen LogP contribution in [-0.4, -0.2) is 63.8 Å². The molecule has 4 rings (SSSR count). The molecular formula is C25H31N7O2S2. The van der Waals surface area contributed by atoms with Crippen LogP contribution in [0, 0.1) is 6.92 Å². The van der Waals surface area contributed by atoms with Gasteiger partial charge in [0.15, 0.2) is 27.6 Å². The van der Waals surface area contributed by atoms with Crippen molar-refractivity contribution in [1.29, 1.82) is 0 Å². The van der Waals surface area contributed by atoms with Gasteiger partial charge in [0, 0.05) is 11.9 Å². The standard InChI is InChI=1S/C25H31N7O2S2/c1-5-31(6-2)13-10-14-32(25-27-19(16-35-25)23(33)34-7-3)21-15-17(4)22(30-29-21)28-24-26-18-11-8-9-12-20(18)36-24/h8-9,11-12,15-16H,5-7,10,13-14H2,1-4H3,(H,26,28,30). The highest BCUT2D eigenvalue weighted by atomic mass is 32.1. The van der Waals surface area contributed by atoms with Crippen LogP contribution in [0.4, 0.5) is 21.9 Å². The van der Waals surface area contributed by atoms with E-state index in [9.17, 15) is 4.79 Å². The number of hydrogen-bond acceptors (Lipinski definition) is 11. The number of aryl methyl sites for hydroxylation is 1. The number of nitrogens with one attached hydrogen (secondary N) is 1. The molecule has 0 aliphatic rings. The van der Waals surface area contributed by atoms with Gasteiger partial charge in [-0.25, -0.2) is 14.8 Å². The monoisotopic (exact) mass is 525 g/mol. The van der Waals surface area contributed by atoms with Crippen molar-refractivity contribution in [3.63, 3.8) is 0 Å². The molecule has 0 radical (unpaired) electrons. The number of carbonyl (C=O) groups is 1. The van der Waals surface area contributed by atoms with Gasteiger partial charge in [-0.1, -0.05) is 37.3 Å². The molecule has 0 saturated heterocycles. The number of hydrogen-bond donors (Lipinski definition) is 1. The summed E-state index contributed by atoms with van der Waals surface area (Å²) in [4.78, 5) is 25.8. The number of rotatable bonds is 12. The van der Waals surface area contributed by atoms with Crippen molar-refractivity contribution in [2.24, 2.45) is 0 Å². The van der Waals surface area contributed by atoms with E-state index in [0.717, 1.165) is 47.0 Å². The van der Waals surface area contributed by atoms with Gasteiger partial charge in [0.1, 0.15) is 0 Å². The largest absolute Gasteiger partial charge is 0.461 e. The summed E-state index contributed by atoms with van der Waals surface area (Å²) < 4.78 is 6.23. The van der Waals surface area contributed by atoms with Gasteiger partial charge >= 0.3 is 5.97 Å². The Morgan fingerprint density at radius 3 is 2.61 bits per heavy atom. The van der Waals surface area contributed by atoms with Crippen molar-refractivity contribution in [1.82, 2.24) is 25.1 Å². The van der Waals surface area contributed by atoms with E-state index in [1.807, 2.05) is 36.1 Å². The molecule has 0 amide bonds. The van der Waals surface area contributed by atoms with Crippen molar-refractivity contribution in [3.8, 4) is 0 Å². The fourth-order valence-electron chi connectivity index (χ4n) is 3.74. The van der Waals surface area contributed by atoms with Crippen LogP contribution in [0.1, 0.15) is 43.2 Å². The molecule has 11 heteroatoms. The first-order chi connectivity index (χ1) is 17.5. The molecule has 0 spiro atoms. The maximum absolute atomic E-state index is 12.2. The van der Waals surface area contributed by atoms with Crippen LogP contribution < -0.4 is 10.2 Å². The third-order valence-electron chi connectivity index (χ3n) is 5.73. The van der Waals surface area contributed by atoms with Crippen LogP contribution >= 0.6 is 22.7 Å². The molecule has 0 aliphatic heterocycles. The first-order valence-corrected chi connectivity index (χ1v) is 13.8. The fraction of sp³-hybridized carbons (Fsp3) is 0.400. The Kier molecular flexibility index (Phi) is 8.79. The summed E-state index contributed by atoms with van der Waals surface area (Å²) in [5.41, 5.74) is 2.20. The van der Waals surface area contributed by atoms with Gasteiger partial charge in [0.2, 0.25) is 0 Å². The highest BCUT2D eigenvalue weighted by molar-refractivity contribution is 7.22. The van der Waals surface area contributed by atoms with E-state index in [1.165, 1.54) is 11.3 Å². The maximum atomic E-state index is 12.2. The summed E-state index contributed by atoms with van der Waals surface area (Å²) in [7, 11) is 0. The number of anilines is 4. The molecule has 0 aliphatic carbocycles. The van der Waals surface area contributed by atoms with Crippen LogP contribution in [0.5, 0.6) is 0 Å². The average molecular weight is 526 g/mol. The number of esters is 1. The number of aromatic nitrogens is 4. The predicted molar refractivity (Wildman–Crippen MR) is 147 cm³/mol. The fourth-order valence-corrected chi connectivity index (χ4v) is 5.43. The molecular weight excluding hydrogens is 494 g/mol. The first kappa shape index (κ1) is 25.9. The summed E-state index contributed by atoms with van der Waals surface area (Å²) in [6, 6.07) is 10.0. The molecule has 0 bridgehead atoms. The Morgan fingerprint density at radius 2 is 1.89 bits per heavy atom. The molecule has 3 aromatic heterocycles. The molecule has 9 nitrogen and oxygen atoms in total. The molecule has 0 unspecified atom stereocenters. The number of ether oxygens (including phenoxy) is 1. The zero-order chi connectivity index (χ0) is 25.5. The molecule has 4 aromatic rings. The van der Waals surface area contributed by atoms with Gasteiger partial charge < -0.3 is 19.9 Å². The van der Waals surface area contributed by atoms with Crippen molar-refractivity contribution in [2.75, 3.05) is 43.0 Å². The molecule has 0 atom stereocenters. The smallest absolute Gasteiger partial charge is 0.357 e. The van der Waals surface area contributed by atoms with E-state index in [0.29, 0.717) is 35.6 Å². The summed E-state index contributed by atoms with van der Waals surface area (Å²) in [5.74, 6) is 0.930. The van der Waals surface area contributed by atoms with Crippen LogP contribution in [0.3, 0.4) is 0 Å². The molecule has 0 fully saturated rings. The lowest BCUT2D eigenvalue weighted by atomic mass is 10.3. The van der Waals surface area contributed by atoms with Crippen LogP contribution in [0.25, 0.3) is 10.2 Å². The first-order valence-electron chi connectivity index (χ1n) is 12.1. The van der Waals surface area contributed by atoms with E-state index in [2.05, 4.69) is 50.3 Å². The minimum Gasteiger partial charge on any atom is -0.461 e. The highest BCUT2D eigenvalue weighted by Crippen LogP contribution is 2.31. The van der Waals surface area contributed by atoms with Gasteiger partial charge in [-0.2, -0.15) is 0 Å². The van der Waals surface area contributed by atoms with Gasteiger partial charge in [-0.15, -0.1) is 21.5 Å². The van der Waals surface area contributed by atoms with E-state index >= 15 is 0 Å². The Labute approximate surface area is 219 Å². The Hall–Kier alpha value is -3.15. The third-order valence-corrected chi connectivity index (χ3v) is 7.54. The van der Waals surface area contributed by atoms with Crippen molar-refractivity contribution < 1.29 is 9.53 Å². The highest BCUT2D eigenvalue weighted by Gasteiger charge is 2.20. The minimum atomic E-state index is -0.416. The van der Waals surface area contributed by atoms with Crippen molar-refractivity contribution in [2.45, 2.75) is 34.1 Å². The van der Waals surface area contributed by atoms with Crippen molar-refractivity contribution in [3.05, 3.63) is 47.0 Å². The van der Waals surface area contributed by atoms with Gasteiger partial charge in [-0.3, -0.25) is 0 Å². The number of fused-ring (bicyclic) bond motifs is 1. The molecule has 1 N–H and O–H groups in total. The number of para-hydroxylation sites is 1. The van der Waals surface area contributed by atoms with Crippen molar-refractivity contribution >= 4 is 60.8 Å². The topological polar surface area (TPSA) is 96.4 Å². The average Bonchev–Trinajstić information content (AvgIpc) is 3.53. The molecule has 190 valence electrons. The zero-order valence-corrected chi connectivity index (χ0v) is 22.7. The lowest BCUT2D eigenvalue weighted by Crippen LogP contribution is -2.28. The number of benzene rings is 1. The number of thiazole rings is 2. The van der Waals surface area contributed by atoms with Gasteiger partial charge in [0.05, 0.1) is 16.8 Å². The normalized spacial score (nSPS) is 11.2. The minimum absolute atomic E-state index is 0.310. The lowest BCUT2D eigenvalue weighted by Gasteiger charge is -2.23. The molecule has 36 heavy (non-hydrogen) atoms. The van der Waals surface area contributed by atoms with E-state index in [-0.39, 0.29) is 0 Å². The molecule has 3 heterocycles. The van der Waals surface area contributed by atoms with E-state index < -0.39 is 5.97 Å². The van der Waals surface area contributed by atoms with Gasteiger partial charge in [-0.05, 0) is 63.7 Å². The summed E-state index contributed by atoms with van der Waals surface area (Å²) in [6.45, 7) is 12.1. The summed E-state index contributed by atoms with van der Waals surface area (Å²) >= 11 is 2.98. The summed E-state index contributed by atoms with van der Waals surface area (Å²) in [6.07, 6.45) is 0.919. The second kappa shape index (κ2) is 12.2. The van der Waals surface area contributed by atoms with Gasteiger partial charge in [0.25, 0.3) is 0 Å². The van der Waals surface area contributed by atoms with Crippen LogP contribution in [0.15, 0.2) is 35.7 Å². The quantitative estimate of drug-likeness (QED) is 0.236. The Balaban J connectivity index is 1.56. The number of nitrogens with zero attached hydrogens (tertiary/aromatic N) is 6. The predicted octanol–water partition coefficient (Wildman–Crippen LogP) is 5.64. The Morgan fingerprint density at radius 1 is 1.08 bits per heavy atom. The van der Waals surface area contributed by atoms with Crippen LogP contribution in [0.2, 0.25) is 0 Å². The van der Waals surface area contributed by atoms with Crippen LogP contribution in [-0.2, 0) is 4.74 Å². The van der Waals surface area contributed by atoms with E-state index in [4.69, 9.17) is 4.74 Å². The second-order valence-corrected chi connectivity index (χ2v) is 9.98.